The summed E-state index contributed by atoms with van der Waals surface area (Å²) < 4.78 is 11.3. The Bertz CT molecular complexity index is 3700. The van der Waals surface area contributed by atoms with E-state index in [1.165, 1.54) is 59.8 Å². The molecule has 13 rings (SSSR count). The van der Waals surface area contributed by atoms with Crippen molar-refractivity contribution in [3.63, 3.8) is 0 Å². The van der Waals surface area contributed by atoms with Gasteiger partial charge in [-0.1, -0.05) is 127 Å². The standard InChI is InChI=1S/C50H28N4O/c1-2-12-29(13-3-1)30-22-24-31(25-23-30)45-49-46(36-18-8-11-21-43(36)55-49)52-50(51-45)54-40-19-9-6-16-34(40)38-28-39-37-26-32-14-4-5-15-33(32)27-42(37)53-41-20-10-7-17-35(41)44(47(39)53)48(38)54/h1-28H. The van der Waals surface area contributed by atoms with Crippen molar-refractivity contribution in [3.8, 4) is 28.3 Å². The third-order valence-electron chi connectivity index (χ3n) is 11.6. The van der Waals surface area contributed by atoms with E-state index < -0.39 is 0 Å². The molecular formula is C50H28N4O. The lowest BCUT2D eigenvalue weighted by Crippen LogP contribution is -2.03. The highest BCUT2D eigenvalue weighted by molar-refractivity contribution is 6.34. The Morgan fingerprint density at radius 2 is 1.05 bits per heavy atom. The van der Waals surface area contributed by atoms with Gasteiger partial charge in [0.15, 0.2) is 5.58 Å². The van der Waals surface area contributed by atoms with Crippen LogP contribution in [0.3, 0.4) is 0 Å². The van der Waals surface area contributed by atoms with E-state index in [0.717, 1.165) is 49.7 Å². The Balaban J connectivity index is 1.18. The second kappa shape index (κ2) is 10.6. The molecule has 0 amide bonds. The molecule has 5 aromatic heterocycles. The SMILES string of the molecule is c1ccc(-c2ccc(-c3nc(-n4c5ccccc5c5cc6c7cc8ccccc8cc7n7c8ccccc8c(c54)c67)nc4c3oc3ccccc34)cc2)cc1. The summed E-state index contributed by atoms with van der Waals surface area (Å²) in [6, 6.07) is 60.5. The summed E-state index contributed by atoms with van der Waals surface area (Å²) in [4.78, 5) is 10.9. The molecule has 5 nitrogen and oxygen atoms in total. The molecule has 0 aliphatic rings. The molecular weight excluding hydrogens is 673 g/mol. The molecule has 5 heterocycles. The van der Waals surface area contributed by atoms with E-state index in [0.29, 0.717) is 11.5 Å². The molecule has 5 heteroatoms. The van der Waals surface area contributed by atoms with Crippen molar-refractivity contribution in [2.45, 2.75) is 0 Å². The number of hydrogen-bond donors (Lipinski definition) is 0. The number of benzene rings is 8. The monoisotopic (exact) mass is 700 g/mol. The van der Waals surface area contributed by atoms with Crippen molar-refractivity contribution in [1.29, 1.82) is 0 Å². The van der Waals surface area contributed by atoms with Crippen LogP contribution in [-0.2, 0) is 0 Å². The second-order valence-electron chi connectivity index (χ2n) is 14.6. The topological polar surface area (TPSA) is 48.3 Å². The van der Waals surface area contributed by atoms with Crippen molar-refractivity contribution in [3.05, 3.63) is 170 Å². The average molecular weight is 701 g/mol. The number of aromatic nitrogens is 4. The van der Waals surface area contributed by atoms with Crippen molar-refractivity contribution in [1.82, 2.24) is 18.9 Å². The van der Waals surface area contributed by atoms with E-state index in [-0.39, 0.29) is 0 Å². The summed E-state index contributed by atoms with van der Waals surface area (Å²) in [7, 11) is 0. The van der Waals surface area contributed by atoms with Crippen LogP contribution in [-0.4, -0.2) is 18.9 Å². The van der Waals surface area contributed by atoms with Gasteiger partial charge in [0.05, 0.1) is 27.6 Å². The average Bonchev–Trinajstić information content (AvgIpc) is 3.98. The van der Waals surface area contributed by atoms with Crippen molar-refractivity contribution >= 4 is 92.7 Å². The zero-order chi connectivity index (χ0) is 35.8. The zero-order valence-corrected chi connectivity index (χ0v) is 29.4. The van der Waals surface area contributed by atoms with Crippen LogP contribution < -0.4 is 0 Å². The van der Waals surface area contributed by atoms with Crippen LogP contribution in [0.5, 0.6) is 0 Å². The van der Waals surface area contributed by atoms with Crippen LogP contribution in [0.1, 0.15) is 0 Å². The zero-order valence-electron chi connectivity index (χ0n) is 29.4. The van der Waals surface area contributed by atoms with E-state index in [4.69, 9.17) is 14.4 Å². The van der Waals surface area contributed by atoms with E-state index in [9.17, 15) is 0 Å². The number of hydrogen-bond acceptors (Lipinski definition) is 3. The minimum Gasteiger partial charge on any atom is -0.452 e. The molecule has 0 spiro atoms. The van der Waals surface area contributed by atoms with E-state index >= 15 is 0 Å². The molecule has 0 atom stereocenters. The number of fused-ring (bicyclic) bond motifs is 14. The Morgan fingerprint density at radius 1 is 0.418 bits per heavy atom. The highest BCUT2D eigenvalue weighted by atomic mass is 16.3. The van der Waals surface area contributed by atoms with Gasteiger partial charge in [0, 0.05) is 43.3 Å². The predicted octanol–water partition coefficient (Wildman–Crippen LogP) is 13.1. The lowest BCUT2D eigenvalue weighted by Gasteiger charge is -2.11. The van der Waals surface area contributed by atoms with Crippen molar-refractivity contribution in [2.24, 2.45) is 0 Å². The quantitative estimate of drug-likeness (QED) is 0.184. The molecule has 0 aliphatic heterocycles. The summed E-state index contributed by atoms with van der Waals surface area (Å²) in [6.45, 7) is 0. The lowest BCUT2D eigenvalue weighted by molar-refractivity contribution is 0.666. The predicted molar refractivity (Wildman–Crippen MR) is 227 cm³/mol. The maximum Gasteiger partial charge on any atom is 0.236 e. The van der Waals surface area contributed by atoms with Gasteiger partial charge in [0.25, 0.3) is 0 Å². The molecule has 0 unspecified atom stereocenters. The van der Waals surface area contributed by atoms with Crippen LogP contribution in [0, 0.1) is 0 Å². The van der Waals surface area contributed by atoms with E-state index in [1.807, 2.05) is 24.3 Å². The van der Waals surface area contributed by atoms with Crippen molar-refractivity contribution < 1.29 is 4.42 Å². The van der Waals surface area contributed by atoms with Gasteiger partial charge in [-0.05, 0) is 64.4 Å². The largest absolute Gasteiger partial charge is 0.452 e. The Kier molecular flexibility index (Phi) is 5.57. The van der Waals surface area contributed by atoms with Gasteiger partial charge in [-0.3, -0.25) is 4.57 Å². The molecule has 0 saturated carbocycles. The maximum atomic E-state index is 6.59. The molecule has 0 fully saturated rings. The normalized spacial score (nSPS) is 12.4. The van der Waals surface area contributed by atoms with Crippen LogP contribution in [0.15, 0.2) is 174 Å². The van der Waals surface area contributed by atoms with Crippen LogP contribution in [0.25, 0.3) is 121 Å². The Morgan fingerprint density at radius 3 is 1.89 bits per heavy atom. The first kappa shape index (κ1) is 29.0. The van der Waals surface area contributed by atoms with Gasteiger partial charge in [0.2, 0.25) is 5.95 Å². The number of furan rings is 1. The number of nitrogens with zero attached hydrogens (tertiary/aromatic N) is 4. The maximum absolute atomic E-state index is 6.59. The molecule has 0 bridgehead atoms. The molecule has 0 N–H and O–H groups in total. The smallest absolute Gasteiger partial charge is 0.236 e. The molecule has 0 aliphatic carbocycles. The van der Waals surface area contributed by atoms with E-state index in [2.05, 4.69) is 155 Å². The lowest BCUT2D eigenvalue weighted by atomic mass is 10.0. The fraction of sp³-hybridized carbons (Fsp3) is 0. The summed E-state index contributed by atoms with van der Waals surface area (Å²) in [5.74, 6) is 0.612. The fourth-order valence-corrected chi connectivity index (χ4v) is 9.22. The van der Waals surface area contributed by atoms with Gasteiger partial charge >= 0.3 is 0 Å². The first-order chi connectivity index (χ1) is 27.3. The Labute approximate surface area is 313 Å². The van der Waals surface area contributed by atoms with Gasteiger partial charge in [-0.2, -0.15) is 0 Å². The summed E-state index contributed by atoms with van der Waals surface area (Å²) in [5, 5.41) is 10.7. The third-order valence-corrected chi connectivity index (χ3v) is 11.6. The van der Waals surface area contributed by atoms with Gasteiger partial charge in [0.1, 0.15) is 16.8 Å². The van der Waals surface area contributed by atoms with Gasteiger partial charge in [-0.25, -0.2) is 9.97 Å². The summed E-state index contributed by atoms with van der Waals surface area (Å²) in [5.41, 5.74) is 12.1. The minimum atomic E-state index is 0.612. The van der Waals surface area contributed by atoms with Crippen LogP contribution in [0.4, 0.5) is 0 Å². The first-order valence-electron chi connectivity index (χ1n) is 18.7. The summed E-state index contributed by atoms with van der Waals surface area (Å²) in [6.07, 6.45) is 0. The minimum absolute atomic E-state index is 0.612. The molecule has 254 valence electrons. The van der Waals surface area contributed by atoms with Crippen LogP contribution in [0.2, 0.25) is 0 Å². The highest BCUT2D eigenvalue weighted by Crippen LogP contribution is 2.47. The van der Waals surface area contributed by atoms with Gasteiger partial charge < -0.3 is 8.82 Å². The van der Waals surface area contributed by atoms with Crippen molar-refractivity contribution in [2.75, 3.05) is 0 Å². The molecule has 55 heavy (non-hydrogen) atoms. The van der Waals surface area contributed by atoms with E-state index in [1.54, 1.807) is 0 Å². The highest BCUT2D eigenvalue weighted by Gasteiger charge is 2.26. The summed E-state index contributed by atoms with van der Waals surface area (Å²) >= 11 is 0. The first-order valence-corrected chi connectivity index (χ1v) is 18.7. The molecule has 8 aromatic carbocycles. The second-order valence-corrected chi connectivity index (χ2v) is 14.6. The molecule has 0 radical (unpaired) electrons. The fourth-order valence-electron chi connectivity index (χ4n) is 9.22. The van der Waals surface area contributed by atoms with Gasteiger partial charge in [-0.15, -0.1) is 0 Å². The Hall–Kier alpha value is -7.50. The molecule has 0 saturated heterocycles. The number of rotatable bonds is 3. The number of para-hydroxylation sites is 3. The van der Waals surface area contributed by atoms with Crippen LogP contribution >= 0.6 is 0 Å². The molecule has 13 aromatic rings. The third kappa shape index (κ3) is 3.86.